The van der Waals surface area contributed by atoms with Gasteiger partial charge in [-0.2, -0.15) is 11.8 Å². The van der Waals surface area contributed by atoms with Gasteiger partial charge in [0.25, 0.3) is 0 Å². The second-order valence-electron chi connectivity index (χ2n) is 7.51. The van der Waals surface area contributed by atoms with Crippen molar-refractivity contribution in [1.82, 2.24) is 10.2 Å². The van der Waals surface area contributed by atoms with Crippen LogP contribution >= 0.6 is 11.8 Å². The highest BCUT2D eigenvalue weighted by Crippen LogP contribution is 2.17. The van der Waals surface area contributed by atoms with Crippen molar-refractivity contribution in [2.24, 2.45) is 0 Å². The van der Waals surface area contributed by atoms with Gasteiger partial charge in [-0.15, -0.1) is 0 Å². The number of benzene rings is 2. The number of thioether (sulfide) groups is 1. The molecule has 0 aliphatic heterocycles. The summed E-state index contributed by atoms with van der Waals surface area (Å²) in [5, 5.41) is 2.96. The monoisotopic (exact) mass is 426 g/mol. The number of hydrogen-bond acceptors (Lipinski definition) is 3. The Hall–Kier alpha value is -2.27. The minimum absolute atomic E-state index is 0.0367. The van der Waals surface area contributed by atoms with Crippen molar-refractivity contribution in [3.63, 3.8) is 0 Å². The van der Waals surface area contributed by atoms with Crippen molar-refractivity contribution in [2.75, 3.05) is 12.3 Å². The molecular formula is C25H34N2O2S. The highest BCUT2D eigenvalue weighted by Gasteiger charge is 2.28. The van der Waals surface area contributed by atoms with Gasteiger partial charge in [0.05, 0.1) is 0 Å². The SMILES string of the molecule is CCCNC(=O)[C@@H](CC)N(Cc1ccc(C)cc1)C(=O)CCSCc1ccccc1. The van der Waals surface area contributed by atoms with Crippen molar-refractivity contribution >= 4 is 23.6 Å². The van der Waals surface area contributed by atoms with Crippen molar-refractivity contribution in [3.05, 3.63) is 71.3 Å². The summed E-state index contributed by atoms with van der Waals surface area (Å²) in [6.45, 7) is 7.13. The molecule has 0 unspecified atom stereocenters. The van der Waals surface area contributed by atoms with Gasteiger partial charge in [-0.3, -0.25) is 9.59 Å². The van der Waals surface area contributed by atoms with Crippen LogP contribution in [0.1, 0.15) is 49.8 Å². The quantitative estimate of drug-likeness (QED) is 0.489. The summed E-state index contributed by atoms with van der Waals surface area (Å²) in [4.78, 5) is 27.6. The Morgan fingerprint density at radius 1 is 1.00 bits per heavy atom. The first-order valence-electron chi connectivity index (χ1n) is 10.8. The van der Waals surface area contributed by atoms with Crippen LogP contribution in [0.5, 0.6) is 0 Å². The van der Waals surface area contributed by atoms with E-state index in [1.54, 1.807) is 16.7 Å². The van der Waals surface area contributed by atoms with Gasteiger partial charge in [0.1, 0.15) is 6.04 Å². The molecule has 0 bridgehead atoms. The third kappa shape index (κ3) is 7.86. The van der Waals surface area contributed by atoms with E-state index in [0.717, 1.165) is 23.5 Å². The fourth-order valence-corrected chi connectivity index (χ4v) is 4.13. The second kappa shape index (κ2) is 13.1. The number of carbonyl (C=O) groups excluding carboxylic acids is 2. The van der Waals surface area contributed by atoms with Crippen molar-refractivity contribution in [3.8, 4) is 0 Å². The summed E-state index contributed by atoms with van der Waals surface area (Å²) in [5.74, 6) is 1.61. The van der Waals surface area contributed by atoms with Gasteiger partial charge in [-0.1, -0.05) is 74.0 Å². The van der Waals surface area contributed by atoms with E-state index in [9.17, 15) is 9.59 Å². The Bertz CT molecular complexity index is 777. The Morgan fingerprint density at radius 3 is 2.33 bits per heavy atom. The predicted octanol–water partition coefficient (Wildman–Crippen LogP) is 4.95. The molecule has 1 atom stereocenters. The number of hydrogen-bond donors (Lipinski definition) is 1. The predicted molar refractivity (Wildman–Crippen MR) is 126 cm³/mol. The van der Waals surface area contributed by atoms with Crippen molar-refractivity contribution in [1.29, 1.82) is 0 Å². The molecule has 2 amide bonds. The Labute approximate surface area is 185 Å². The summed E-state index contributed by atoms with van der Waals surface area (Å²) < 4.78 is 0. The molecule has 5 heteroatoms. The summed E-state index contributed by atoms with van der Waals surface area (Å²) >= 11 is 1.75. The number of nitrogens with one attached hydrogen (secondary N) is 1. The zero-order valence-corrected chi connectivity index (χ0v) is 19.2. The second-order valence-corrected chi connectivity index (χ2v) is 8.62. The van der Waals surface area contributed by atoms with Crippen LogP contribution in [0.3, 0.4) is 0 Å². The Kier molecular flexibility index (Phi) is 10.5. The highest BCUT2D eigenvalue weighted by molar-refractivity contribution is 7.98. The van der Waals surface area contributed by atoms with Crippen LogP contribution < -0.4 is 5.32 Å². The standard InChI is InChI=1S/C25H34N2O2S/c1-4-16-26-25(29)23(5-2)27(18-21-13-11-20(3)12-14-21)24(28)15-17-30-19-22-9-7-6-8-10-22/h6-14,23H,4-5,15-19H2,1-3H3,(H,26,29)/t23-/m1/s1. The van der Waals surface area contributed by atoms with Crippen LogP contribution in [0, 0.1) is 6.92 Å². The lowest BCUT2D eigenvalue weighted by Gasteiger charge is -2.30. The van der Waals surface area contributed by atoms with E-state index >= 15 is 0 Å². The van der Waals surface area contributed by atoms with Crippen LogP contribution in [-0.2, 0) is 21.9 Å². The van der Waals surface area contributed by atoms with E-state index in [1.807, 2.05) is 63.2 Å². The first-order chi connectivity index (χ1) is 14.5. The van der Waals surface area contributed by atoms with Gasteiger partial charge in [0, 0.05) is 31.0 Å². The average molecular weight is 427 g/mol. The van der Waals surface area contributed by atoms with Gasteiger partial charge in [-0.25, -0.2) is 0 Å². The minimum atomic E-state index is -0.440. The zero-order chi connectivity index (χ0) is 21.8. The molecular weight excluding hydrogens is 392 g/mol. The zero-order valence-electron chi connectivity index (χ0n) is 18.4. The van der Waals surface area contributed by atoms with Crippen LogP contribution in [-0.4, -0.2) is 35.1 Å². The van der Waals surface area contributed by atoms with E-state index in [0.29, 0.717) is 25.9 Å². The average Bonchev–Trinajstić information content (AvgIpc) is 2.77. The smallest absolute Gasteiger partial charge is 0.242 e. The Morgan fingerprint density at radius 2 is 1.70 bits per heavy atom. The summed E-state index contributed by atoms with van der Waals surface area (Å²) in [6, 6.07) is 18.0. The molecule has 0 spiro atoms. The molecule has 0 fully saturated rings. The molecule has 0 heterocycles. The van der Waals surface area contributed by atoms with Gasteiger partial charge < -0.3 is 10.2 Å². The molecule has 1 N–H and O–H groups in total. The van der Waals surface area contributed by atoms with Gasteiger partial charge in [-0.05, 0) is 30.9 Å². The summed E-state index contributed by atoms with van der Waals surface area (Å²) in [7, 11) is 0. The molecule has 2 aromatic rings. The van der Waals surface area contributed by atoms with Crippen LogP contribution in [0.25, 0.3) is 0 Å². The lowest BCUT2D eigenvalue weighted by Crippen LogP contribution is -2.49. The van der Waals surface area contributed by atoms with E-state index in [1.165, 1.54) is 11.1 Å². The number of amides is 2. The lowest BCUT2D eigenvalue weighted by molar-refractivity contribution is -0.141. The maximum absolute atomic E-state index is 13.1. The number of nitrogens with zero attached hydrogens (tertiary/aromatic N) is 1. The van der Waals surface area contributed by atoms with Crippen LogP contribution in [0.4, 0.5) is 0 Å². The first kappa shape index (κ1) is 24.0. The minimum Gasteiger partial charge on any atom is -0.354 e. The molecule has 0 radical (unpaired) electrons. The van der Waals surface area contributed by atoms with Gasteiger partial charge in [0.15, 0.2) is 0 Å². The molecule has 2 rings (SSSR count). The third-order valence-electron chi connectivity index (χ3n) is 4.98. The van der Waals surface area contributed by atoms with E-state index in [4.69, 9.17) is 0 Å². The molecule has 4 nitrogen and oxygen atoms in total. The third-order valence-corrected chi connectivity index (χ3v) is 6.01. The fraction of sp³-hybridized carbons (Fsp3) is 0.440. The molecule has 0 aromatic heterocycles. The van der Waals surface area contributed by atoms with Gasteiger partial charge >= 0.3 is 0 Å². The largest absolute Gasteiger partial charge is 0.354 e. The molecule has 0 saturated carbocycles. The molecule has 30 heavy (non-hydrogen) atoms. The molecule has 0 aliphatic rings. The molecule has 2 aromatic carbocycles. The van der Waals surface area contributed by atoms with E-state index in [2.05, 4.69) is 17.4 Å². The number of carbonyl (C=O) groups is 2. The summed E-state index contributed by atoms with van der Waals surface area (Å²) in [6.07, 6.45) is 1.91. The molecule has 162 valence electrons. The first-order valence-corrected chi connectivity index (χ1v) is 11.9. The summed E-state index contributed by atoms with van der Waals surface area (Å²) in [5.41, 5.74) is 3.49. The Balaban J connectivity index is 2.03. The number of rotatable bonds is 12. The molecule has 0 saturated heterocycles. The topological polar surface area (TPSA) is 49.4 Å². The van der Waals surface area contributed by atoms with Crippen LogP contribution in [0.15, 0.2) is 54.6 Å². The normalized spacial score (nSPS) is 11.7. The molecule has 0 aliphatic carbocycles. The fourth-order valence-electron chi connectivity index (χ4n) is 3.24. The van der Waals surface area contributed by atoms with E-state index in [-0.39, 0.29) is 11.8 Å². The maximum Gasteiger partial charge on any atom is 0.242 e. The van der Waals surface area contributed by atoms with E-state index < -0.39 is 6.04 Å². The lowest BCUT2D eigenvalue weighted by atomic mass is 10.1. The number of aryl methyl sites for hydroxylation is 1. The van der Waals surface area contributed by atoms with Crippen LogP contribution in [0.2, 0.25) is 0 Å². The maximum atomic E-state index is 13.1. The van der Waals surface area contributed by atoms with Gasteiger partial charge in [0.2, 0.25) is 11.8 Å². The van der Waals surface area contributed by atoms with Crippen molar-refractivity contribution < 1.29 is 9.59 Å². The van der Waals surface area contributed by atoms with Crippen molar-refractivity contribution in [2.45, 2.75) is 58.4 Å². The highest BCUT2D eigenvalue weighted by atomic mass is 32.2.